The van der Waals surface area contributed by atoms with Crippen molar-refractivity contribution in [1.29, 1.82) is 0 Å². The second-order valence-electron chi connectivity index (χ2n) is 17.1. The zero-order chi connectivity index (χ0) is 56.7. The lowest BCUT2D eigenvalue weighted by Crippen LogP contribution is -2.19. The fraction of sp³-hybridized carbons (Fsp3) is 0.229. The molecular weight excluding hydrogens is 1090 g/mol. The first-order valence-electron chi connectivity index (χ1n) is 20.9. The minimum Gasteiger partial charge on any atom is -0.353 e. The Bertz CT molecular complexity index is 3620. The highest BCUT2D eigenvalue weighted by Crippen LogP contribution is 2.58. The summed E-state index contributed by atoms with van der Waals surface area (Å²) in [6.07, 6.45) is -54.0. The van der Waals surface area contributed by atoms with Crippen molar-refractivity contribution in [3.8, 4) is 33.4 Å². The van der Waals surface area contributed by atoms with Crippen LogP contribution in [0.4, 0.5) is 105 Å². The summed E-state index contributed by atoms with van der Waals surface area (Å²) in [5, 5.41) is 0. The van der Waals surface area contributed by atoms with Crippen LogP contribution in [0.1, 0.15) is 61.5 Å². The van der Waals surface area contributed by atoms with Crippen molar-refractivity contribution in [3.63, 3.8) is 0 Å². The number of nitrogens with zero attached hydrogens (tertiary/aromatic N) is 1. The molecule has 8 bridgehead atoms. The third kappa shape index (κ3) is 9.44. The molecule has 5 heterocycles. The molecule has 0 atom stereocenters. The first-order valence-corrected chi connectivity index (χ1v) is 20.9. The normalized spacial score (nSPS) is 14.2. The van der Waals surface area contributed by atoms with Gasteiger partial charge in [-0.1, -0.05) is 89.5 Å². The third-order valence-electron chi connectivity index (χ3n) is 12.0. The van der Waals surface area contributed by atoms with Gasteiger partial charge in [-0.2, -0.15) is 105 Å². The van der Waals surface area contributed by atoms with Crippen LogP contribution >= 0.6 is 0 Å². The lowest BCUT2D eigenvalue weighted by Gasteiger charge is -2.17. The molecule has 1 aliphatic heterocycles. The largest absolute Gasteiger partial charge is 0.419 e. The summed E-state index contributed by atoms with van der Waals surface area (Å²) in [7, 11) is 0. The Labute approximate surface area is 407 Å². The van der Waals surface area contributed by atoms with Gasteiger partial charge < -0.3 is 15.0 Å². The van der Waals surface area contributed by atoms with E-state index in [0.29, 0.717) is 36.4 Å². The van der Waals surface area contributed by atoms with Crippen LogP contribution in [0.2, 0.25) is 0 Å². The van der Waals surface area contributed by atoms with Crippen LogP contribution in [-0.2, 0) is 37.1 Å². The van der Waals surface area contributed by atoms with Gasteiger partial charge in [-0.05, 0) is 37.5 Å². The molecule has 404 valence electrons. The maximum Gasteiger partial charge on any atom is 0.419 e. The Kier molecular flexibility index (Phi) is 12.6. The van der Waals surface area contributed by atoms with Gasteiger partial charge in [0.15, 0.2) is 0 Å². The molecule has 0 unspecified atom stereocenters. The van der Waals surface area contributed by atoms with E-state index >= 15 is 105 Å². The number of fused-ring (bicyclic) bond motifs is 9. The zero-order valence-electron chi connectivity index (χ0n) is 37.4. The van der Waals surface area contributed by atoms with Gasteiger partial charge in [0.25, 0.3) is 0 Å². The van der Waals surface area contributed by atoms with Crippen LogP contribution in [0.5, 0.6) is 0 Å². The van der Waals surface area contributed by atoms with Crippen LogP contribution < -0.4 is 0 Å². The van der Waals surface area contributed by atoms with Crippen molar-refractivity contribution in [1.82, 2.24) is 19.9 Å². The van der Waals surface area contributed by atoms with E-state index in [-0.39, 0.29) is 16.7 Å². The number of halogens is 24. The van der Waals surface area contributed by atoms with Crippen molar-refractivity contribution in [3.05, 3.63) is 134 Å². The fourth-order valence-corrected chi connectivity index (χ4v) is 9.08. The number of rotatable bonds is 3. The van der Waals surface area contributed by atoms with Crippen molar-refractivity contribution < 1.29 is 105 Å². The summed E-state index contributed by atoms with van der Waals surface area (Å²) in [6, 6.07) is 7.64. The SMILES string of the molecule is Cc1ccc(-c2c3nc(c4[nH]c(c(C(F)(F)F)c4C(F)(F)F)c(-c4ccc(C)cc4)c4[nH]c(c(C(F)(F)F)c4C(F)(F)F)c(-c4ccc(C)cc4)c4[nH]c2c(C(F)(F)F)c4C(F)(F)F)C(C(F)(F)F)=C3C(F)(F)F)cc1. The number of nitrogens with one attached hydrogen (secondary N) is 3. The molecule has 4 nitrogen and oxygen atoms in total. The number of alkyl halides is 24. The summed E-state index contributed by atoms with van der Waals surface area (Å²) >= 11 is 0. The van der Waals surface area contributed by atoms with Crippen molar-refractivity contribution in [2.75, 3.05) is 0 Å². The zero-order valence-corrected chi connectivity index (χ0v) is 37.4. The van der Waals surface area contributed by atoms with E-state index in [0.717, 1.165) is 36.4 Å². The lowest BCUT2D eigenvalue weighted by molar-refractivity contribution is -0.160. The van der Waals surface area contributed by atoms with Crippen molar-refractivity contribution in [2.45, 2.75) is 70.2 Å². The molecule has 1 aliphatic rings. The van der Waals surface area contributed by atoms with Crippen molar-refractivity contribution >= 4 is 44.2 Å². The Morgan fingerprint density at radius 2 is 0.474 bits per heavy atom. The lowest BCUT2D eigenvalue weighted by atomic mass is 9.93. The molecule has 3 N–H and O–H groups in total. The molecule has 0 fully saturated rings. The van der Waals surface area contributed by atoms with Gasteiger partial charge in [0.1, 0.15) is 5.69 Å². The van der Waals surface area contributed by atoms with Gasteiger partial charge in [-0.3, -0.25) is 0 Å². The molecule has 0 radical (unpaired) electrons. The minimum absolute atomic E-state index is 0.00113. The maximum atomic E-state index is 15.9. The number of allylic oxidation sites excluding steroid dienone is 2. The molecule has 0 saturated heterocycles. The van der Waals surface area contributed by atoms with Crippen LogP contribution in [0.15, 0.2) is 72.8 Å². The number of hydrogen-bond acceptors (Lipinski definition) is 1. The number of H-pyrrole nitrogens is 3. The molecule has 76 heavy (non-hydrogen) atoms. The van der Waals surface area contributed by atoms with Crippen molar-refractivity contribution in [2.24, 2.45) is 0 Å². The van der Waals surface area contributed by atoms with E-state index in [1.807, 2.05) is 0 Å². The van der Waals surface area contributed by atoms with E-state index in [2.05, 4.69) is 4.98 Å². The van der Waals surface area contributed by atoms with Gasteiger partial charge in [0, 0.05) is 16.7 Å². The van der Waals surface area contributed by atoms with E-state index in [1.54, 1.807) is 0 Å². The first-order chi connectivity index (χ1) is 34.5. The van der Waals surface area contributed by atoms with Crippen LogP contribution in [0, 0.1) is 20.8 Å². The minimum atomic E-state index is -6.85. The van der Waals surface area contributed by atoms with Gasteiger partial charge >= 0.3 is 49.4 Å². The first kappa shape index (κ1) is 55.0. The predicted molar refractivity (Wildman–Crippen MR) is 226 cm³/mol. The Hall–Kier alpha value is -7.29. The molecule has 8 rings (SSSR count). The number of aryl methyl sites for hydroxylation is 3. The molecule has 0 aliphatic carbocycles. The van der Waals surface area contributed by atoms with Gasteiger partial charge in [-0.15, -0.1) is 0 Å². The second-order valence-corrected chi connectivity index (χ2v) is 17.1. The number of hydrogen-bond donors (Lipinski definition) is 3. The summed E-state index contributed by atoms with van der Waals surface area (Å²) in [5.74, 6) is 0. The molecule has 28 heteroatoms. The van der Waals surface area contributed by atoms with Crippen LogP contribution in [0.25, 0.3) is 77.6 Å². The predicted octanol–water partition coefficient (Wildman–Crippen LogP) is 18.6. The number of aromatic nitrogens is 4. The summed E-state index contributed by atoms with van der Waals surface area (Å²) in [6.45, 7) is 3.55. The third-order valence-corrected chi connectivity index (χ3v) is 12.0. The molecule has 0 saturated carbocycles. The smallest absolute Gasteiger partial charge is 0.353 e. The topological polar surface area (TPSA) is 60.3 Å². The highest BCUT2D eigenvalue weighted by Gasteiger charge is 2.57. The summed E-state index contributed by atoms with van der Waals surface area (Å²) < 4.78 is 378. The average molecular weight is 1110 g/mol. The summed E-state index contributed by atoms with van der Waals surface area (Å²) in [4.78, 5) is 7.08. The highest BCUT2D eigenvalue weighted by molar-refractivity contribution is 6.10. The Morgan fingerprint density at radius 3 is 0.724 bits per heavy atom. The van der Waals surface area contributed by atoms with E-state index in [4.69, 9.17) is 0 Å². The standard InChI is InChI=1S/C48H24F24N4/c1-16-4-10-19(11-5-16)22-33-25(41(49,50)51)27(43(55,56)57)35(73-33)23(20-12-6-17(2)7-13-20)37-29(45(61,62)63)31(47(67,68)69)39(75-37)40-32(48(70,71)72)30(46(64,65)66)38(76-40)24(21-14-8-18(3)9-15-21)36-28(44(58,59)60)26(34(22)74-36)42(52,53)54/h4-15,73-75H,1-3H3. The molecular formula is C48H24F24N4. The Balaban J connectivity index is 2.01. The summed E-state index contributed by atoms with van der Waals surface area (Å²) in [5.41, 5.74) is -57.8. The molecule has 0 spiro atoms. The fourth-order valence-electron chi connectivity index (χ4n) is 9.08. The quantitative estimate of drug-likeness (QED) is 0.152. The van der Waals surface area contributed by atoms with Crippen LogP contribution in [-0.4, -0.2) is 32.3 Å². The maximum absolute atomic E-state index is 15.9. The highest BCUT2D eigenvalue weighted by atomic mass is 19.4. The van der Waals surface area contributed by atoms with E-state index in [9.17, 15) is 0 Å². The monoisotopic (exact) mass is 1110 g/mol. The molecule has 3 aromatic carbocycles. The number of benzene rings is 3. The van der Waals surface area contributed by atoms with E-state index in [1.165, 1.54) is 35.7 Å². The second kappa shape index (κ2) is 17.4. The van der Waals surface area contributed by atoms with Gasteiger partial charge in [-0.25, -0.2) is 4.98 Å². The molecule has 4 aromatic heterocycles. The Morgan fingerprint density at radius 1 is 0.263 bits per heavy atom. The van der Waals surface area contributed by atoms with Crippen LogP contribution in [0.3, 0.4) is 0 Å². The van der Waals surface area contributed by atoms with Gasteiger partial charge in [0.2, 0.25) is 0 Å². The van der Waals surface area contributed by atoms with Gasteiger partial charge in [0.05, 0.1) is 83.3 Å². The number of aromatic amines is 3. The average Bonchev–Trinajstić information content (AvgIpc) is 4.04. The molecule has 7 aromatic rings. The molecule has 0 amide bonds. The van der Waals surface area contributed by atoms with E-state index < -0.39 is 172 Å².